The summed E-state index contributed by atoms with van der Waals surface area (Å²) < 4.78 is 0. The van der Waals surface area contributed by atoms with E-state index in [1.165, 1.54) is 23.5 Å². The molecular weight excluding hydrogens is 504 g/mol. The van der Waals surface area contributed by atoms with E-state index in [4.69, 9.17) is 46.4 Å². The molecule has 1 aromatic heterocycles. The Labute approximate surface area is 200 Å². The van der Waals surface area contributed by atoms with Crippen LogP contribution in [0.2, 0.25) is 20.1 Å². The fraction of sp³-hybridized carbons (Fsp3) is 0. The molecule has 0 spiro atoms. The molecule has 0 saturated carbocycles. The van der Waals surface area contributed by atoms with Crippen LogP contribution in [0.15, 0.2) is 74.2 Å². The molecule has 0 aliphatic heterocycles. The number of hydrogen-bond donors (Lipinski definition) is 2. The molecule has 4 rings (SSSR count). The van der Waals surface area contributed by atoms with Crippen LogP contribution >= 0.6 is 69.9 Å². The highest BCUT2D eigenvalue weighted by Gasteiger charge is 2.14. The number of benzene rings is 3. The Morgan fingerprint density at radius 3 is 1.90 bits per heavy atom. The van der Waals surface area contributed by atoms with Crippen molar-refractivity contribution < 1.29 is 9.90 Å². The average molecular weight is 515 g/mol. The van der Waals surface area contributed by atoms with Gasteiger partial charge in [-0.25, -0.2) is 4.79 Å². The number of aromatic amines is 1. The first-order chi connectivity index (χ1) is 14.3. The van der Waals surface area contributed by atoms with E-state index in [0.29, 0.717) is 20.1 Å². The maximum absolute atomic E-state index is 11.5. The standard InChI is InChI=1S/C21H11Cl4NO2S2/c22-14-3-1-10(5-16(14)24)29-12-7-18-13(9-19(26-18)21(27)28)20(8-12)30-11-2-4-15(23)17(25)6-11/h1-9,26H,(H,27,28). The van der Waals surface area contributed by atoms with Gasteiger partial charge in [0, 0.05) is 30.5 Å². The number of carbonyl (C=O) groups is 1. The molecule has 152 valence electrons. The number of H-pyrrole nitrogens is 1. The normalized spacial score (nSPS) is 11.2. The lowest BCUT2D eigenvalue weighted by Crippen LogP contribution is -1.94. The number of halogens is 4. The van der Waals surface area contributed by atoms with E-state index < -0.39 is 5.97 Å². The van der Waals surface area contributed by atoms with Crippen LogP contribution in [0.4, 0.5) is 0 Å². The van der Waals surface area contributed by atoms with Crippen LogP contribution in [0.1, 0.15) is 10.5 Å². The number of fused-ring (bicyclic) bond motifs is 1. The minimum atomic E-state index is -1.02. The maximum Gasteiger partial charge on any atom is 0.352 e. The van der Waals surface area contributed by atoms with Gasteiger partial charge >= 0.3 is 5.97 Å². The number of aromatic nitrogens is 1. The molecule has 3 aromatic carbocycles. The van der Waals surface area contributed by atoms with Gasteiger partial charge in [-0.2, -0.15) is 0 Å². The molecule has 0 unspecified atom stereocenters. The molecular formula is C21H11Cl4NO2S2. The molecule has 0 fully saturated rings. The predicted molar refractivity (Wildman–Crippen MR) is 126 cm³/mol. The van der Waals surface area contributed by atoms with Crippen LogP contribution in [-0.2, 0) is 0 Å². The first-order valence-electron chi connectivity index (χ1n) is 8.46. The Hall–Kier alpha value is -1.47. The van der Waals surface area contributed by atoms with Crippen molar-refractivity contribution in [1.29, 1.82) is 0 Å². The summed E-state index contributed by atoms with van der Waals surface area (Å²) >= 11 is 27.3. The first kappa shape index (κ1) is 21.8. The smallest absolute Gasteiger partial charge is 0.352 e. The van der Waals surface area contributed by atoms with E-state index in [1.807, 2.05) is 24.3 Å². The van der Waals surface area contributed by atoms with Crippen molar-refractivity contribution in [1.82, 2.24) is 4.98 Å². The molecule has 9 heteroatoms. The first-order valence-corrected chi connectivity index (χ1v) is 11.6. The largest absolute Gasteiger partial charge is 0.477 e. The third-order valence-corrected chi connectivity index (χ3v) is 7.64. The summed E-state index contributed by atoms with van der Waals surface area (Å²) in [6.07, 6.45) is 0. The second-order valence-corrected chi connectivity index (χ2v) is 10.1. The maximum atomic E-state index is 11.5. The SMILES string of the molecule is O=C(O)c1cc2c(Sc3ccc(Cl)c(Cl)c3)cc(Sc3ccc(Cl)c(Cl)c3)cc2[nH]1. The van der Waals surface area contributed by atoms with E-state index in [-0.39, 0.29) is 5.69 Å². The van der Waals surface area contributed by atoms with Crippen LogP contribution in [0, 0.1) is 0 Å². The van der Waals surface area contributed by atoms with Gasteiger partial charge in [-0.15, -0.1) is 0 Å². The monoisotopic (exact) mass is 513 g/mol. The summed E-state index contributed by atoms with van der Waals surface area (Å²) in [6.45, 7) is 0. The zero-order chi connectivity index (χ0) is 21.4. The Morgan fingerprint density at radius 2 is 1.33 bits per heavy atom. The third kappa shape index (κ3) is 4.72. The molecule has 30 heavy (non-hydrogen) atoms. The van der Waals surface area contributed by atoms with E-state index >= 15 is 0 Å². The number of carboxylic acid groups (broad SMARTS) is 1. The lowest BCUT2D eigenvalue weighted by atomic mass is 10.2. The topological polar surface area (TPSA) is 53.1 Å². The van der Waals surface area contributed by atoms with Gasteiger partial charge < -0.3 is 10.1 Å². The number of rotatable bonds is 5. The molecule has 0 radical (unpaired) electrons. The van der Waals surface area contributed by atoms with Gasteiger partial charge in [0.05, 0.1) is 20.1 Å². The van der Waals surface area contributed by atoms with Crippen LogP contribution in [0.5, 0.6) is 0 Å². The summed E-state index contributed by atoms with van der Waals surface area (Å²) in [4.78, 5) is 18.0. The van der Waals surface area contributed by atoms with Gasteiger partial charge in [-0.3, -0.25) is 0 Å². The van der Waals surface area contributed by atoms with E-state index in [2.05, 4.69) is 4.98 Å². The fourth-order valence-electron chi connectivity index (χ4n) is 2.78. The van der Waals surface area contributed by atoms with Crippen molar-refractivity contribution in [3.8, 4) is 0 Å². The molecule has 0 atom stereocenters. The van der Waals surface area contributed by atoms with E-state index in [0.717, 1.165) is 30.5 Å². The zero-order valence-corrected chi connectivity index (χ0v) is 19.5. The van der Waals surface area contributed by atoms with Gasteiger partial charge in [0.15, 0.2) is 0 Å². The number of carboxylic acids is 1. The van der Waals surface area contributed by atoms with Gasteiger partial charge in [0.25, 0.3) is 0 Å². The molecule has 1 heterocycles. The van der Waals surface area contributed by atoms with Crippen LogP contribution in [0.3, 0.4) is 0 Å². The zero-order valence-electron chi connectivity index (χ0n) is 14.9. The van der Waals surface area contributed by atoms with Crippen LogP contribution in [-0.4, -0.2) is 16.1 Å². The molecule has 0 aliphatic carbocycles. The minimum Gasteiger partial charge on any atom is -0.477 e. The van der Waals surface area contributed by atoms with Crippen molar-refractivity contribution in [2.75, 3.05) is 0 Å². The second kappa shape index (κ2) is 8.95. The molecule has 0 aliphatic rings. The molecule has 0 amide bonds. The highest BCUT2D eigenvalue weighted by molar-refractivity contribution is 8.00. The lowest BCUT2D eigenvalue weighted by molar-refractivity contribution is 0.0691. The van der Waals surface area contributed by atoms with Crippen molar-refractivity contribution in [3.05, 3.63) is 80.4 Å². The Morgan fingerprint density at radius 1 is 0.733 bits per heavy atom. The van der Waals surface area contributed by atoms with Crippen LogP contribution < -0.4 is 0 Å². The van der Waals surface area contributed by atoms with Gasteiger partial charge in [0.2, 0.25) is 0 Å². The van der Waals surface area contributed by atoms with Crippen molar-refractivity contribution in [3.63, 3.8) is 0 Å². The highest BCUT2D eigenvalue weighted by Crippen LogP contribution is 2.41. The second-order valence-electron chi connectivity index (χ2n) is 6.23. The molecule has 0 saturated heterocycles. The fourth-order valence-corrected chi connectivity index (χ4v) is 5.55. The Bertz CT molecular complexity index is 1290. The summed E-state index contributed by atoms with van der Waals surface area (Å²) in [5.74, 6) is -1.02. The van der Waals surface area contributed by atoms with E-state index in [9.17, 15) is 9.90 Å². The lowest BCUT2D eigenvalue weighted by Gasteiger charge is -2.09. The van der Waals surface area contributed by atoms with Crippen molar-refractivity contribution in [2.24, 2.45) is 0 Å². The highest BCUT2D eigenvalue weighted by atomic mass is 35.5. The van der Waals surface area contributed by atoms with Gasteiger partial charge in [-0.05, 0) is 54.6 Å². The predicted octanol–water partition coefficient (Wildman–Crippen LogP) is 8.78. The van der Waals surface area contributed by atoms with Gasteiger partial charge in [0.1, 0.15) is 5.69 Å². The molecule has 4 aromatic rings. The average Bonchev–Trinajstić information content (AvgIpc) is 3.12. The summed E-state index contributed by atoms with van der Waals surface area (Å²) in [5, 5.41) is 12.1. The molecule has 2 N–H and O–H groups in total. The number of hydrogen-bond acceptors (Lipinski definition) is 3. The van der Waals surface area contributed by atoms with Crippen LogP contribution in [0.25, 0.3) is 10.9 Å². The Kier molecular flexibility index (Phi) is 6.49. The summed E-state index contributed by atoms with van der Waals surface area (Å²) in [6, 6.07) is 16.3. The third-order valence-electron chi connectivity index (χ3n) is 4.15. The van der Waals surface area contributed by atoms with Crippen molar-refractivity contribution >= 4 is 86.8 Å². The van der Waals surface area contributed by atoms with Crippen molar-refractivity contribution in [2.45, 2.75) is 19.6 Å². The Balaban J connectivity index is 1.78. The summed E-state index contributed by atoms with van der Waals surface area (Å²) in [5.41, 5.74) is 0.845. The van der Waals surface area contributed by atoms with E-state index in [1.54, 1.807) is 30.3 Å². The van der Waals surface area contributed by atoms with Gasteiger partial charge in [-0.1, -0.05) is 69.9 Å². The quantitative estimate of drug-likeness (QED) is 0.279. The minimum absolute atomic E-state index is 0.123. The number of nitrogens with one attached hydrogen (secondary N) is 1. The molecule has 0 bridgehead atoms. The number of aromatic carboxylic acids is 1. The summed E-state index contributed by atoms with van der Waals surface area (Å²) in [7, 11) is 0. The molecule has 3 nitrogen and oxygen atoms in total.